The van der Waals surface area contributed by atoms with Crippen LogP contribution in [0.3, 0.4) is 0 Å². The van der Waals surface area contributed by atoms with Crippen LogP contribution < -0.4 is 5.32 Å². The minimum Gasteiger partial charge on any atom is -0.380 e. The monoisotopic (exact) mass is 193 g/mol. The molecule has 78 valence electrons. The summed E-state index contributed by atoms with van der Waals surface area (Å²) in [6, 6.07) is 9.00. The number of hydrogen-bond donors (Lipinski definition) is 1. The van der Waals surface area contributed by atoms with Gasteiger partial charge in [0.25, 0.3) is 0 Å². The molecule has 1 rings (SSSR count). The van der Waals surface area contributed by atoms with Crippen LogP contribution in [0.5, 0.6) is 0 Å². The van der Waals surface area contributed by atoms with Crippen molar-refractivity contribution in [3.63, 3.8) is 0 Å². The maximum atomic E-state index is 5.09. The predicted molar refractivity (Wildman–Crippen MR) is 59.1 cm³/mol. The average Bonchev–Trinajstić information content (AvgIpc) is 2.16. The van der Waals surface area contributed by atoms with Gasteiger partial charge < -0.3 is 10.1 Å². The second-order valence-corrected chi connectivity index (χ2v) is 3.79. The fourth-order valence-corrected chi connectivity index (χ4v) is 1.32. The largest absolute Gasteiger partial charge is 0.380 e. The Morgan fingerprint density at radius 1 is 1.29 bits per heavy atom. The lowest BCUT2D eigenvalue weighted by atomic mass is 10.1. The van der Waals surface area contributed by atoms with E-state index in [1.807, 2.05) is 0 Å². The molecule has 0 aliphatic heterocycles. The molecule has 0 amide bonds. The molecule has 1 aromatic carbocycles. The normalized spacial score (nSPS) is 10.9. The van der Waals surface area contributed by atoms with E-state index in [0.29, 0.717) is 12.6 Å². The molecule has 0 bridgehead atoms. The number of nitrogens with one attached hydrogen (secondary N) is 1. The number of rotatable bonds is 5. The van der Waals surface area contributed by atoms with Crippen molar-refractivity contribution in [1.29, 1.82) is 0 Å². The van der Waals surface area contributed by atoms with Gasteiger partial charge in [0.05, 0.1) is 6.61 Å². The Balaban J connectivity index is 2.54. The third kappa shape index (κ3) is 3.90. The first-order valence-corrected chi connectivity index (χ1v) is 5.02. The Bertz CT molecular complexity index is 271. The highest BCUT2D eigenvalue weighted by Crippen LogP contribution is 2.06. The number of benzene rings is 1. The van der Waals surface area contributed by atoms with Gasteiger partial charge in [0.15, 0.2) is 0 Å². The zero-order valence-electron chi connectivity index (χ0n) is 9.21. The van der Waals surface area contributed by atoms with E-state index in [9.17, 15) is 0 Å². The van der Waals surface area contributed by atoms with Crippen LogP contribution in [0, 0.1) is 0 Å². The molecule has 0 aromatic heterocycles. The summed E-state index contributed by atoms with van der Waals surface area (Å²) in [5.74, 6) is 0. The standard InChI is InChI=1S/C12H19NO/c1-10(2)13-8-11-5-4-6-12(7-11)9-14-3/h4-7,10,13H,8-9H2,1-3H3. The van der Waals surface area contributed by atoms with Crippen molar-refractivity contribution in [3.05, 3.63) is 35.4 Å². The number of hydrogen-bond acceptors (Lipinski definition) is 2. The molecule has 0 radical (unpaired) electrons. The lowest BCUT2D eigenvalue weighted by Gasteiger charge is -2.09. The van der Waals surface area contributed by atoms with Crippen LogP contribution in [0.4, 0.5) is 0 Å². The van der Waals surface area contributed by atoms with E-state index in [-0.39, 0.29) is 0 Å². The zero-order valence-corrected chi connectivity index (χ0v) is 9.21. The van der Waals surface area contributed by atoms with Crippen molar-refractivity contribution in [2.45, 2.75) is 33.0 Å². The van der Waals surface area contributed by atoms with Gasteiger partial charge in [-0.3, -0.25) is 0 Å². The zero-order chi connectivity index (χ0) is 10.4. The lowest BCUT2D eigenvalue weighted by molar-refractivity contribution is 0.185. The molecule has 0 saturated heterocycles. The van der Waals surface area contributed by atoms with Crippen LogP contribution in [0.1, 0.15) is 25.0 Å². The summed E-state index contributed by atoms with van der Waals surface area (Å²) < 4.78 is 5.09. The first kappa shape index (κ1) is 11.2. The molecule has 0 spiro atoms. The van der Waals surface area contributed by atoms with Gasteiger partial charge in [0.1, 0.15) is 0 Å². The first-order valence-electron chi connectivity index (χ1n) is 5.02. The second kappa shape index (κ2) is 5.78. The molecule has 14 heavy (non-hydrogen) atoms. The molecule has 0 fully saturated rings. The van der Waals surface area contributed by atoms with E-state index in [2.05, 4.69) is 43.4 Å². The van der Waals surface area contributed by atoms with Gasteiger partial charge >= 0.3 is 0 Å². The molecule has 0 aliphatic carbocycles. The molecule has 2 heteroatoms. The van der Waals surface area contributed by atoms with Gasteiger partial charge in [0, 0.05) is 19.7 Å². The van der Waals surface area contributed by atoms with Crippen molar-refractivity contribution < 1.29 is 4.74 Å². The third-order valence-electron chi connectivity index (χ3n) is 2.02. The summed E-state index contributed by atoms with van der Waals surface area (Å²) in [4.78, 5) is 0. The maximum Gasteiger partial charge on any atom is 0.0713 e. The van der Waals surface area contributed by atoms with E-state index >= 15 is 0 Å². The Morgan fingerprint density at radius 2 is 2.00 bits per heavy atom. The number of methoxy groups -OCH3 is 1. The highest BCUT2D eigenvalue weighted by molar-refractivity contribution is 5.22. The lowest BCUT2D eigenvalue weighted by Crippen LogP contribution is -2.21. The number of ether oxygens (including phenoxy) is 1. The predicted octanol–water partition coefficient (Wildman–Crippen LogP) is 2.33. The van der Waals surface area contributed by atoms with Crippen LogP contribution in [0.25, 0.3) is 0 Å². The average molecular weight is 193 g/mol. The van der Waals surface area contributed by atoms with Crippen LogP contribution in [-0.4, -0.2) is 13.2 Å². The summed E-state index contributed by atoms with van der Waals surface area (Å²) in [5.41, 5.74) is 2.55. The molecule has 1 aromatic rings. The molecule has 0 aliphatic rings. The van der Waals surface area contributed by atoms with Crippen LogP contribution in [0.2, 0.25) is 0 Å². The first-order chi connectivity index (χ1) is 6.72. The van der Waals surface area contributed by atoms with Crippen molar-refractivity contribution in [2.24, 2.45) is 0 Å². The molecule has 2 nitrogen and oxygen atoms in total. The third-order valence-corrected chi connectivity index (χ3v) is 2.02. The van der Waals surface area contributed by atoms with Crippen molar-refractivity contribution in [3.8, 4) is 0 Å². The van der Waals surface area contributed by atoms with Crippen molar-refractivity contribution in [1.82, 2.24) is 5.32 Å². The molecule has 0 heterocycles. The highest BCUT2D eigenvalue weighted by atomic mass is 16.5. The fourth-order valence-electron chi connectivity index (χ4n) is 1.32. The smallest absolute Gasteiger partial charge is 0.0713 e. The Labute approximate surface area is 86.3 Å². The Kier molecular flexibility index (Phi) is 4.63. The van der Waals surface area contributed by atoms with Gasteiger partial charge in [-0.1, -0.05) is 38.1 Å². The Morgan fingerprint density at radius 3 is 2.64 bits per heavy atom. The summed E-state index contributed by atoms with van der Waals surface area (Å²) in [5, 5.41) is 3.39. The highest BCUT2D eigenvalue weighted by Gasteiger charge is 1.97. The van der Waals surface area contributed by atoms with E-state index in [0.717, 1.165) is 6.54 Å². The van der Waals surface area contributed by atoms with Gasteiger partial charge in [-0.2, -0.15) is 0 Å². The topological polar surface area (TPSA) is 21.3 Å². The van der Waals surface area contributed by atoms with E-state index in [1.165, 1.54) is 11.1 Å². The summed E-state index contributed by atoms with van der Waals surface area (Å²) in [7, 11) is 1.72. The SMILES string of the molecule is COCc1cccc(CNC(C)C)c1. The quantitative estimate of drug-likeness (QED) is 0.775. The summed E-state index contributed by atoms with van der Waals surface area (Å²) in [6.45, 7) is 5.92. The second-order valence-electron chi connectivity index (χ2n) is 3.79. The van der Waals surface area contributed by atoms with Crippen LogP contribution in [0.15, 0.2) is 24.3 Å². The summed E-state index contributed by atoms with van der Waals surface area (Å²) >= 11 is 0. The van der Waals surface area contributed by atoms with Crippen LogP contribution in [-0.2, 0) is 17.9 Å². The molecule has 1 N–H and O–H groups in total. The fraction of sp³-hybridized carbons (Fsp3) is 0.500. The van der Waals surface area contributed by atoms with Gasteiger partial charge in [0.2, 0.25) is 0 Å². The van der Waals surface area contributed by atoms with Gasteiger partial charge in [-0.25, -0.2) is 0 Å². The summed E-state index contributed by atoms with van der Waals surface area (Å²) in [6.07, 6.45) is 0. The minimum atomic E-state index is 0.529. The molecular weight excluding hydrogens is 174 g/mol. The molecule has 0 unspecified atom stereocenters. The molecule has 0 saturated carbocycles. The van der Waals surface area contributed by atoms with Crippen molar-refractivity contribution in [2.75, 3.05) is 7.11 Å². The Hall–Kier alpha value is -0.860. The molecule has 0 atom stereocenters. The van der Waals surface area contributed by atoms with E-state index < -0.39 is 0 Å². The van der Waals surface area contributed by atoms with Crippen molar-refractivity contribution >= 4 is 0 Å². The maximum absolute atomic E-state index is 5.09. The van der Waals surface area contributed by atoms with E-state index in [4.69, 9.17) is 4.74 Å². The molecular formula is C12H19NO. The minimum absolute atomic E-state index is 0.529. The van der Waals surface area contributed by atoms with Gasteiger partial charge in [-0.05, 0) is 11.1 Å². The van der Waals surface area contributed by atoms with E-state index in [1.54, 1.807) is 7.11 Å². The van der Waals surface area contributed by atoms with Crippen LogP contribution >= 0.6 is 0 Å². The van der Waals surface area contributed by atoms with Gasteiger partial charge in [-0.15, -0.1) is 0 Å².